The molecule has 122 valence electrons. The second-order valence-corrected chi connectivity index (χ2v) is 6.14. The molecule has 6 heteroatoms. The van der Waals surface area contributed by atoms with Gasteiger partial charge < -0.3 is 15.4 Å². The Morgan fingerprint density at radius 3 is 3.17 bits per heavy atom. The Kier molecular flexibility index (Phi) is 5.31. The number of benzene rings is 1. The van der Waals surface area contributed by atoms with Gasteiger partial charge >= 0.3 is 0 Å². The monoisotopic (exact) mass is 333 g/mol. The highest BCUT2D eigenvalue weighted by Crippen LogP contribution is 2.29. The normalized spacial score (nSPS) is 17.3. The Hall–Kier alpha value is -1.85. The standard InChI is InChI=1S/C17H20ClN3O2/c18-14-3-4-15(17-13(14)2-1-7-21-17)23-11-16(22)20-9-6-12-5-8-19-10-12/h1-4,7,12,19H,5-6,8-11H2,(H,20,22). The number of ether oxygens (including phenoxy) is 1. The Morgan fingerprint density at radius 1 is 1.43 bits per heavy atom. The van der Waals surface area contributed by atoms with E-state index in [4.69, 9.17) is 16.3 Å². The molecule has 1 aliphatic heterocycles. The first kappa shape index (κ1) is 16.0. The van der Waals surface area contributed by atoms with Crippen molar-refractivity contribution in [3.8, 4) is 5.75 Å². The van der Waals surface area contributed by atoms with Gasteiger partial charge in [0.2, 0.25) is 0 Å². The summed E-state index contributed by atoms with van der Waals surface area (Å²) in [7, 11) is 0. The van der Waals surface area contributed by atoms with Crippen molar-refractivity contribution in [3.63, 3.8) is 0 Å². The highest BCUT2D eigenvalue weighted by Gasteiger charge is 2.14. The number of rotatable bonds is 6. The number of hydrogen-bond donors (Lipinski definition) is 2. The van der Waals surface area contributed by atoms with Crippen LogP contribution in [0.5, 0.6) is 5.75 Å². The summed E-state index contributed by atoms with van der Waals surface area (Å²) in [6, 6.07) is 7.21. The Morgan fingerprint density at radius 2 is 2.35 bits per heavy atom. The third kappa shape index (κ3) is 4.12. The molecule has 23 heavy (non-hydrogen) atoms. The minimum Gasteiger partial charge on any atom is -0.481 e. The molecule has 1 atom stereocenters. The summed E-state index contributed by atoms with van der Waals surface area (Å²) in [5.74, 6) is 1.12. The molecule has 1 fully saturated rings. The summed E-state index contributed by atoms with van der Waals surface area (Å²) >= 11 is 6.14. The fourth-order valence-electron chi connectivity index (χ4n) is 2.80. The number of aromatic nitrogens is 1. The molecule has 1 saturated heterocycles. The van der Waals surface area contributed by atoms with Crippen molar-refractivity contribution in [1.29, 1.82) is 0 Å². The molecule has 2 N–H and O–H groups in total. The molecule has 0 aliphatic carbocycles. The lowest BCUT2D eigenvalue weighted by atomic mass is 10.1. The predicted molar refractivity (Wildman–Crippen MR) is 90.9 cm³/mol. The van der Waals surface area contributed by atoms with Gasteiger partial charge in [0.05, 0.1) is 5.02 Å². The second kappa shape index (κ2) is 7.62. The molecule has 0 saturated carbocycles. The van der Waals surface area contributed by atoms with Crippen molar-refractivity contribution < 1.29 is 9.53 Å². The van der Waals surface area contributed by atoms with Crippen molar-refractivity contribution in [1.82, 2.24) is 15.6 Å². The lowest BCUT2D eigenvalue weighted by Crippen LogP contribution is -2.30. The van der Waals surface area contributed by atoms with Crippen LogP contribution in [0.3, 0.4) is 0 Å². The molecule has 1 amide bonds. The predicted octanol–water partition coefficient (Wildman–Crippen LogP) is 2.38. The van der Waals surface area contributed by atoms with E-state index >= 15 is 0 Å². The van der Waals surface area contributed by atoms with Crippen LogP contribution in [0.2, 0.25) is 5.02 Å². The molecule has 1 aromatic carbocycles. The average molecular weight is 334 g/mol. The first-order valence-corrected chi connectivity index (χ1v) is 8.25. The van der Waals surface area contributed by atoms with Gasteiger partial charge in [-0.05, 0) is 56.1 Å². The number of fused-ring (bicyclic) bond motifs is 1. The van der Waals surface area contributed by atoms with Gasteiger partial charge in [0.15, 0.2) is 6.61 Å². The molecule has 0 radical (unpaired) electrons. The molecule has 1 unspecified atom stereocenters. The Bertz CT molecular complexity index is 687. The summed E-state index contributed by atoms with van der Waals surface area (Å²) in [5.41, 5.74) is 0.671. The molecule has 1 aliphatic rings. The van der Waals surface area contributed by atoms with Gasteiger partial charge in [-0.1, -0.05) is 11.6 Å². The summed E-state index contributed by atoms with van der Waals surface area (Å²) in [5, 5.41) is 7.67. The molecule has 5 nitrogen and oxygen atoms in total. The van der Waals surface area contributed by atoms with Crippen LogP contribution >= 0.6 is 11.6 Å². The van der Waals surface area contributed by atoms with E-state index in [0.717, 1.165) is 24.9 Å². The fraction of sp³-hybridized carbons (Fsp3) is 0.412. The topological polar surface area (TPSA) is 63.2 Å². The van der Waals surface area contributed by atoms with Crippen LogP contribution in [0, 0.1) is 5.92 Å². The zero-order chi connectivity index (χ0) is 16.1. The number of nitrogens with one attached hydrogen (secondary N) is 2. The van der Waals surface area contributed by atoms with E-state index in [9.17, 15) is 4.79 Å². The Balaban J connectivity index is 1.51. The van der Waals surface area contributed by atoms with Gasteiger partial charge in [-0.3, -0.25) is 9.78 Å². The van der Waals surface area contributed by atoms with Gasteiger partial charge in [0, 0.05) is 18.1 Å². The molecule has 2 aromatic rings. The van der Waals surface area contributed by atoms with Gasteiger partial charge in [-0.2, -0.15) is 0 Å². The van der Waals surface area contributed by atoms with Crippen molar-refractivity contribution in [2.24, 2.45) is 5.92 Å². The minimum absolute atomic E-state index is 0.0176. The van der Waals surface area contributed by atoms with Gasteiger partial charge in [-0.15, -0.1) is 0 Å². The van der Waals surface area contributed by atoms with Crippen LogP contribution < -0.4 is 15.4 Å². The highest BCUT2D eigenvalue weighted by atomic mass is 35.5. The van der Waals surface area contributed by atoms with E-state index in [1.165, 1.54) is 6.42 Å². The summed E-state index contributed by atoms with van der Waals surface area (Å²) in [6.45, 7) is 2.80. The number of hydrogen-bond acceptors (Lipinski definition) is 4. The number of carbonyl (C=O) groups excluding carboxylic acids is 1. The third-order valence-electron chi connectivity index (χ3n) is 4.08. The maximum absolute atomic E-state index is 11.9. The summed E-state index contributed by atoms with van der Waals surface area (Å²) in [6.07, 6.45) is 3.88. The highest BCUT2D eigenvalue weighted by molar-refractivity contribution is 6.35. The molecule has 3 rings (SSSR count). The van der Waals surface area contributed by atoms with Crippen LogP contribution in [-0.2, 0) is 4.79 Å². The maximum atomic E-state index is 11.9. The quantitative estimate of drug-likeness (QED) is 0.852. The van der Waals surface area contributed by atoms with E-state index in [1.807, 2.05) is 12.1 Å². The lowest BCUT2D eigenvalue weighted by molar-refractivity contribution is -0.123. The summed E-state index contributed by atoms with van der Waals surface area (Å²) in [4.78, 5) is 16.2. The van der Waals surface area contributed by atoms with Crippen LogP contribution in [0.1, 0.15) is 12.8 Å². The first-order valence-electron chi connectivity index (χ1n) is 7.87. The van der Waals surface area contributed by atoms with Crippen LogP contribution in [0.15, 0.2) is 30.5 Å². The molecular weight excluding hydrogens is 314 g/mol. The summed E-state index contributed by atoms with van der Waals surface area (Å²) < 4.78 is 5.61. The van der Waals surface area contributed by atoms with Crippen LogP contribution in [0.4, 0.5) is 0 Å². The first-order chi connectivity index (χ1) is 11.2. The van der Waals surface area contributed by atoms with E-state index in [-0.39, 0.29) is 12.5 Å². The SMILES string of the molecule is O=C(COc1ccc(Cl)c2cccnc12)NCCC1CCNC1. The second-order valence-electron chi connectivity index (χ2n) is 5.73. The number of carbonyl (C=O) groups is 1. The van der Waals surface area contributed by atoms with Crippen LogP contribution in [0.25, 0.3) is 10.9 Å². The van der Waals surface area contributed by atoms with E-state index in [1.54, 1.807) is 18.3 Å². The van der Waals surface area contributed by atoms with Crippen molar-refractivity contribution in [2.75, 3.05) is 26.2 Å². The van der Waals surface area contributed by atoms with Gasteiger partial charge in [0.1, 0.15) is 11.3 Å². The molecule has 0 bridgehead atoms. The zero-order valence-corrected chi connectivity index (χ0v) is 13.6. The minimum atomic E-state index is -0.116. The van der Waals surface area contributed by atoms with Crippen LogP contribution in [-0.4, -0.2) is 37.1 Å². The van der Waals surface area contributed by atoms with E-state index in [2.05, 4.69) is 15.6 Å². The van der Waals surface area contributed by atoms with Crippen molar-refractivity contribution >= 4 is 28.4 Å². The van der Waals surface area contributed by atoms with Gasteiger partial charge in [-0.25, -0.2) is 0 Å². The van der Waals surface area contributed by atoms with Crippen molar-refractivity contribution in [2.45, 2.75) is 12.8 Å². The molecule has 1 aromatic heterocycles. The molecular formula is C17H20ClN3O2. The van der Waals surface area contributed by atoms with Gasteiger partial charge in [0.25, 0.3) is 5.91 Å². The number of nitrogens with zero attached hydrogens (tertiary/aromatic N) is 1. The lowest BCUT2D eigenvalue weighted by Gasteiger charge is -2.11. The Labute approximate surface area is 140 Å². The number of amides is 1. The largest absolute Gasteiger partial charge is 0.481 e. The number of pyridine rings is 1. The van der Waals surface area contributed by atoms with Crippen molar-refractivity contribution in [3.05, 3.63) is 35.5 Å². The maximum Gasteiger partial charge on any atom is 0.257 e. The smallest absolute Gasteiger partial charge is 0.257 e. The molecule has 2 heterocycles. The van der Waals surface area contributed by atoms with E-state index in [0.29, 0.717) is 28.8 Å². The third-order valence-corrected chi connectivity index (χ3v) is 4.40. The zero-order valence-electron chi connectivity index (χ0n) is 12.8. The average Bonchev–Trinajstić information content (AvgIpc) is 3.08. The molecule has 0 spiro atoms. The fourth-order valence-corrected chi connectivity index (χ4v) is 3.01. The van der Waals surface area contributed by atoms with E-state index < -0.39 is 0 Å². The number of halogens is 1.